The largest absolute Gasteiger partial charge is 0.395 e. The number of nitrogens with zero attached hydrogens (tertiary/aromatic N) is 1. The summed E-state index contributed by atoms with van der Waals surface area (Å²) in [6.07, 6.45) is -0.141. The van der Waals surface area contributed by atoms with Crippen LogP contribution in [0.3, 0.4) is 0 Å². The van der Waals surface area contributed by atoms with Crippen molar-refractivity contribution in [2.45, 2.75) is 31.5 Å². The van der Waals surface area contributed by atoms with Gasteiger partial charge in [0.05, 0.1) is 23.7 Å². The van der Waals surface area contributed by atoms with E-state index in [0.717, 1.165) is 6.42 Å². The van der Waals surface area contributed by atoms with Gasteiger partial charge in [-0.15, -0.1) is 0 Å². The van der Waals surface area contributed by atoms with Gasteiger partial charge in [0.1, 0.15) is 0 Å². The molecule has 0 aliphatic heterocycles. The SMILES string of the molecule is CC(Cc1ccsc1)NC(CO)C(O)c1ccc([N+](=O)[O-])cc1. The van der Waals surface area contributed by atoms with E-state index < -0.39 is 17.1 Å². The number of hydrogen-bond acceptors (Lipinski definition) is 6. The van der Waals surface area contributed by atoms with Crippen LogP contribution in [0.2, 0.25) is 0 Å². The van der Waals surface area contributed by atoms with Crippen LogP contribution in [0.4, 0.5) is 5.69 Å². The van der Waals surface area contributed by atoms with Crippen LogP contribution >= 0.6 is 11.3 Å². The Morgan fingerprint density at radius 3 is 2.52 bits per heavy atom. The molecule has 7 heteroatoms. The summed E-state index contributed by atoms with van der Waals surface area (Å²) in [5.74, 6) is 0. The minimum atomic E-state index is -0.939. The third kappa shape index (κ3) is 4.84. The van der Waals surface area contributed by atoms with Gasteiger partial charge >= 0.3 is 0 Å². The van der Waals surface area contributed by atoms with Crippen LogP contribution in [0.1, 0.15) is 24.2 Å². The molecule has 3 unspecified atom stereocenters. The zero-order valence-electron chi connectivity index (χ0n) is 12.8. The maximum Gasteiger partial charge on any atom is 0.269 e. The third-order valence-corrected chi connectivity index (χ3v) is 4.38. The topological polar surface area (TPSA) is 95.6 Å². The van der Waals surface area contributed by atoms with Crippen molar-refractivity contribution in [1.29, 1.82) is 0 Å². The summed E-state index contributed by atoms with van der Waals surface area (Å²) in [7, 11) is 0. The summed E-state index contributed by atoms with van der Waals surface area (Å²) in [4.78, 5) is 10.2. The molecule has 2 rings (SSSR count). The van der Waals surface area contributed by atoms with Crippen molar-refractivity contribution in [1.82, 2.24) is 5.32 Å². The fraction of sp³-hybridized carbons (Fsp3) is 0.375. The lowest BCUT2D eigenvalue weighted by Gasteiger charge is -2.26. The van der Waals surface area contributed by atoms with E-state index in [0.29, 0.717) is 5.56 Å². The zero-order valence-corrected chi connectivity index (χ0v) is 13.6. The van der Waals surface area contributed by atoms with Crippen molar-refractivity contribution in [3.8, 4) is 0 Å². The molecule has 124 valence electrons. The van der Waals surface area contributed by atoms with E-state index in [-0.39, 0.29) is 18.3 Å². The molecule has 23 heavy (non-hydrogen) atoms. The molecule has 0 aliphatic carbocycles. The maximum absolute atomic E-state index is 10.7. The standard InChI is InChI=1S/C16H20N2O4S/c1-11(8-12-6-7-23-10-12)17-15(9-19)16(20)13-2-4-14(5-3-13)18(21)22/h2-7,10-11,15-17,19-20H,8-9H2,1H3. The summed E-state index contributed by atoms with van der Waals surface area (Å²) in [5.41, 5.74) is 1.71. The van der Waals surface area contributed by atoms with E-state index in [1.807, 2.05) is 18.4 Å². The highest BCUT2D eigenvalue weighted by molar-refractivity contribution is 7.07. The van der Waals surface area contributed by atoms with Crippen LogP contribution < -0.4 is 5.32 Å². The molecule has 0 bridgehead atoms. The monoisotopic (exact) mass is 336 g/mol. The van der Waals surface area contributed by atoms with Crippen molar-refractivity contribution in [3.05, 3.63) is 62.3 Å². The third-order valence-electron chi connectivity index (χ3n) is 3.64. The smallest absolute Gasteiger partial charge is 0.269 e. The molecule has 6 nitrogen and oxygen atoms in total. The molecule has 0 spiro atoms. The minimum Gasteiger partial charge on any atom is -0.395 e. The molecule has 1 heterocycles. The van der Waals surface area contributed by atoms with Gasteiger partial charge in [-0.25, -0.2) is 0 Å². The minimum absolute atomic E-state index is 0.0275. The average Bonchev–Trinajstić information content (AvgIpc) is 3.05. The molecular weight excluding hydrogens is 316 g/mol. The molecule has 2 aromatic rings. The summed E-state index contributed by atoms with van der Waals surface area (Å²) >= 11 is 1.63. The zero-order chi connectivity index (χ0) is 16.8. The normalized spacial score (nSPS) is 15.1. The molecule has 1 aromatic heterocycles. The number of nitro benzene ring substituents is 1. The van der Waals surface area contributed by atoms with Crippen molar-refractivity contribution in [3.63, 3.8) is 0 Å². The second-order valence-electron chi connectivity index (χ2n) is 5.49. The Kier molecular flexibility index (Phi) is 6.23. The van der Waals surface area contributed by atoms with E-state index in [2.05, 4.69) is 10.7 Å². The molecule has 0 aliphatic rings. The maximum atomic E-state index is 10.7. The van der Waals surface area contributed by atoms with Crippen molar-refractivity contribution in [2.75, 3.05) is 6.61 Å². The molecule has 0 amide bonds. The van der Waals surface area contributed by atoms with Crippen molar-refractivity contribution in [2.24, 2.45) is 0 Å². The van der Waals surface area contributed by atoms with Gasteiger partial charge in [-0.2, -0.15) is 11.3 Å². The second-order valence-corrected chi connectivity index (χ2v) is 6.27. The summed E-state index contributed by atoms with van der Waals surface area (Å²) < 4.78 is 0. The van der Waals surface area contributed by atoms with Gasteiger partial charge in [-0.1, -0.05) is 0 Å². The highest BCUT2D eigenvalue weighted by atomic mass is 32.1. The summed E-state index contributed by atoms with van der Waals surface area (Å²) in [6.45, 7) is 1.76. The Labute approximate surface area is 138 Å². The summed E-state index contributed by atoms with van der Waals surface area (Å²) in [6, 6.07) is 7.31. The Bertz CT molecular complexity index is 616. The number of rotatable bonds is 8. The summed E-state index contributed by atoms with van der Waals surface area (Å²) in [5, 5.41) is 37.9. The molecule has 0 saturated heterocycles. The van der Waals surface area contributed by atoms with Gasteiger partial charge in [0.25, 0.3) is 5.69 Å². The Balaban J connectivity index is 1.99. The highest BCUT2D eigenvalue weighted by Gasteiger charge is 2.22. The Morgan fingerprint density at radius 1 is 1.30 bits per heavy atom. The molecule has 3 atom stereocenters. The van der Waals surface area contributed by atoms with E-state index >= 15 is 0 Å². The second kappa shape index (κ2) is 8.16. The van der Waals surface area contributed by atoms with Crippen LogP contribution in [0, 0.1) is 10.1 Å². The number of benzene rings is 1. The first-order valence-electron chi connectivity index (χ1n) is 7.31. The molecule has 0 saturated carbocycles. The van der Waals surface area contributed by atoms with Crippen molar-refractivity contribution >= 4 is 17.0 Å². The van der Waals surface area contributed by atoms with Crippen LogP contribution in [0.25, 0.3) is 0 Å². The van der Waals surface area contributed by atoms with Crippen LogP contribution in [-0.2, 0) is 6.42 Å². The van der Waals surface area contributed by atoms with Crippen molar-refractivity contribution < 1.29 is 15.1 Å². The first-order valence-corrected chi connectivity index (χ1v) is 8.26. The highest BCUT2D eigenvalue weighted by Crippen LogP contribution is 2.21. The van der Waals surface area contributed by atoms with Gasteiger partial charge < -0.3 is 15.5 Å². The fourth-order valence-corrected chi connectivity index (χ4v) is 3.14. The number of aliphatic hydroxyl groups is 2. The van der Waals surface area contributed by atoms with E-state index in [9.17, 15) is 20.3 Å². The van der Waals surface area contributed by atoms with Gasteiger partial charge in [0.2, 0.25) is 0 Å². The lowest BCUT2D eigenvalue weighted by atomic mass is 10.0. The lowest BCUT2D eigenvalue weighted by molar-refractivity contribution is -0.384. The van der Waals surface area contributed by atoms with E-state index in [1.54, 1.807) is 11.3 Å². The van der Waals surface area contributed by atoms with Gasteiger partial charge in [0.15, 0.2) is 0 Å². The van der Waals surface area contributed by atoms with E-state index in [4.69, 9.17) is 0 Å². The van der Waals surface area contributed by atoms with E-state index in [1.165, 1.54) is 29.8 Å². The molecule has 0 fully saturated rings. The number of hydrogen-bond donors (Lipinski definition) is 3. The fourth-order valence-electron chi connectivity index (χ4n) is 2.46. The predicted octanol–water partition coefficient (Wildman–Crippen LogP) is 2.27. The van der Waals surface area contributed by atoms with Crippen LogP contribution in [0.5, 0.6) is 0 Å². The Morgan fingerprint density at radius 2 is 2.00 bits per heavy atom. The molecule has 3 N–H and O–H groups in total. The molecule has 0 radical (unpaired) electrons. The number of nitrogens with one attached hydrogen (secondary N) is 1. The van der Waals surface area contributed by atoms with Crippen LogP contribution in [0.15, 0.2) is 41.1 Å². The number of aliphatic hydroxyl groups excluding tert-OH is 2. The predicted molar refractivity (Wildman–Crippen MR) is 89.6 cm³/mol. The quantitative estimate of drug-likeness (QED) is 0.508. The number of nitro groups is 1. The Hall–Kier alpha value is -1.80. The first kappa shape index (κ1) is 17.6. The molecular formula is C16H20N2O4S. The van der Waals surface area contributed by atoms with Gasteiger partial charge in [-0.05, 0) is 53.4 Å². The van der Waals surface area contributed by atoms with Gasteiger partial charge in [0, 0.05) is 18.2 Å². The first-order chi connectivity index (χ1) is 11.0. The number of non-ortho nitro benzene ring substituents is 1. The van der Waals surface area contributed by atoms with Crippen LogP contribution in [-0.4, -0.2) is 33.8 Å². The average molecular weight is 336 g/mol. The molecule has 1 aromatic carbocycles. The number of thiophene rings is 1. The lowest BCUT2D eigenvalue weighted by Crippen LogP contribution is -2.44. The van der Waals surface area contributed by atoms with Gasteiger partial charge in [-0.3, -0.25) is 10.1 Å².